The summed E-state index contributed by atoms with van der Waals surface area (Å²) in [7, 11) is 1.63. The summed E-state index contributed by atoms with van der Waals surface area (Å²) < 4.78 is 5.24. The van der Waals surface area contributed by atoms with Crippen molar-refractivity contribution in [2.45, 2.75) is 38.1 Å². The molecule has 1 aromatic heterocycles. The molecule has 0 amide bonds. The van der Waals surface area contributed by atoms with Crippen LogP contribution in [0.3, 0.4) is 0 Å². The van der Waals surface area contributed by atoms with E-state index in [0.29, 0.717) is 5.02 Å². The average Bonchev–Trinajstić information content (AvgIpc) is 3.50. The van der Waals surface area contributed by atoms with Gasteiger partial charge in [-0.05, 0) is 43.0 Å². The van der Waals surface area contributed by atoms with Gasteiger partial charge in [0.2, 0.25) is 0 Å². The predicted octanol–water partition coefficient (Wildman–Crippen LogP) is 6.37. The van der Waals surface area contributed by atoms with Crippen LogP contribution in [0.4, 0.5) is 0 Å². The summed E-state index contributed by atoms with van der Waals surface area (Å²) in [4.78, 5) is 5.86. The Bertz CT molecular complexity index is 1080. The molecule has 0 radical (unpaired) electrons. The number of aromatic nitrogens is 1. The molecule has 2 N–H and O–H groups in total. The molecule has 0 bridgehead atoms. The molecular weight excluding hydrogens is 412 g/mol. The van der Waals surface area contributed by atoms with E-state index in [1.165, 1.54) is 18.4 Å². The lowest BCUT2D eigenvalue weighted by atomic mass is 9.94. The molecule has 0 aliphatic heterocycles. The highest BCUT2D eigenvalue weighted by atomic mass is 35.5. The van der Waals surface area contributed by atoms with Gasteiger partial charge >= 0.3 is 0 Å². The van der Waals surface area contributed by atoms with Gasteiger partial charge in [0.25, 0.3) is 0 Å². The average molecular weight is 437 g/mol. The molecule has 0 spiro atoms. The normalized spacial score (nSPS) is 15.2. The molecule has 30 heavy (non-hydrogen) atoms. The smallest absolute Gasteiger partial charge is 0.123 e. The summed E-state index contributed by atoms with van der Waals surface area (Å²) >= 11 is 8.03. The van der Waals surface area contributed by atoms with E-state index in [2.05, 4.69) is 36.1 Å². The van der Waals surface area contributed by atoms with E-state index in [1.807, 2.05) is 25.1 Å². The third kappa shape index (κ3) is 4.87. The molecule has 2 aromatic carbocycles. The lowest BCUT2D eigenvalue weighted by Gasteiger charge is -2.10. The molecule has 1 fully saturated rings. The predicted molar refractivity (Wildman–Crippen MR) is 125 cm³/mol. The second kappa shape index (κ2) is 9.22. The number of benzene rings is 2. The van der Waals surface area contributed by atoms with E-state index in [1.54, 1.807) is 24.5 Å². The highest BCUT2D eigenvalue weighted by Gasteiger charge is 2.25. The maximum absolute atomic E-state index is 6.45. The summed E-state index contributed by atoms with van der Waals surface area (Å²) in [5, 5.41) is 1.43. The third-order valence-electron chi connectivity index (χ3n) is 5.39. The van der Waals surface area contributed by atoms with Crippen LogP contribution in [0.25, 0.3) is 11.3 Å². The van der Waals surface area contributed by atoms with Crippen LogP contribution in [-0.2, 0) is 0 Å². The van der Waals surface area contributed by atoms with Crippen molar-refractivity contribution in [1.29, 1.82) is 0 Å². The molecular formula is C25H25ClN2OS. The molecule has 1 saturated carbocycles. The van der Waals surface area contributed by atoms with Crippen molar-refractivity contribution in [2.75, 3.05) is 7.11 Å². The van der Waals surface area contributed by atoms with E-state index in [0.717, 1.165) is 39.2 Å². The Morgan fingerprint density at radius 3 is 2.63 bits per heavy atom. The van der Waals surface area contributed by atoms with Crippen LogP contribution >= 0.6 is 22.9 Å². The Kier molecular flexibility index (Phi) is 6.43. The summed E-state index contributed by atoms with van der Waals surface area (Å²) in [5.74, 6) is 8.47. The molecule has 1 aliphatic carbocycles. The largest absolute Gasteiger partial charge is 0.497 e. The van der Waals surface area contributed by atoms with E-state index in [9.17, 15) is 0 Å². The minimum absolute atomic E-state index is 0.223. The number of aryl methyl sites for hydroxylation is 1. The van der Waals surface area contributed by atoms with Crippen LogP contribution in [0.5, 0.6) is 5.75 Å². The topological polar surface area (TPSA) is 48.1 Å². The molecule has 4 rings (SSSR count). The fourth-order valence-corrected chi connectivity index (χ4v) is 4.67. The van der Waals surface area contributed by atoms with Crippen molar-refractivity contribution in [3.8, 4) is 28.8 Å². The number of nitrogens with zero attached hydrogens (tertiary/aromatic N) is 1. The molecule has 5 heteroatoms. The van der Waals surface area contributed by atoms with Crippen molar-refractivity contribution in [1.82, 2.24) is 4.98 Å². The van der Waals surface area contributed by atoms with Gasteiger partial charge in [0.1, 0.15) is 16.8 Å². The summed E-state index contributed by atoms with van der Waals surface area (Å²) in [6.45, 7) is 2.04. The molecule has 2 atom stereocenters. The van der Waals surface area contributed by atoms with Gasteiger partial charge in [-0.2, -0.15) is 0 Å². The van der Waals surface area contributed by atoms with Crippen LogP contribution in [-0.4, -0.2) is 12.1 Å². The van der Waals surface area contributed by atoms with Crippen molar-refractivity contribution < 1.29 is 4.74 Å². The second-order valence-corrected chi connectivity index (χ2v) is 9.35. The van der Waals surface area contributed by atoms with E-state index >= 15 is 0 Å². The van der Waals surface area contributed by atoms with Crippen LogP contribution in [0.15, 0.2) is 48.5 Å². The van der Waals surface area contributed by atoms with Gasteiger partial charge in [-0.3, -0.25) is 0 Å². The van der Waals surface area contributed by atoms with Gasteiger partial charge in [-0.25, -0.2) is 4.98 Å². The minimum Gasteiger partial charge on any atom is -0.497 e. The number of methoxy groups -OCH3 is 1. The Morgan fingerprint density at radius 1 is 1.20 bits per heavy atom. The van der Waals surface area contributed by atoms with Gasteiger partial charge < -0.3 is 10.5 Å². The number of hydrogen-bond donors (Lipinski definition) is 1. The van der Waals surface area contributed by atoms with Crippen LogP contribution in [0.1, 0.15) is 46.7 Å². The van der Waals surface area contributed by atoms with Gasteiger partial charge in [0.05, 0.1) is 17.8 Å². The molecule has 1 heterocycles. The van der Waals surface area contributed by atoms with Crippen molar-refractivity contribution >= 4 is 22.9 Å². The Labute approximate surface area is 187 Å². The summed E-state index contributed by atoms with van der Waals surface area (Å²) in [6, 6.07) is 15.7. The number of hydrogen-bond acceptors (Lipinski definition) is 4. The third-order valence-corrected chi connectivity index (χ3v) is 6.76. The van der Waals surface area contributed by atoms with E-state index in [4.69, 9.17) is 27.1 Å². The molecule has 3 nitrogen and oxygen atoms in total. The maximum Gasteiger partial charge on any atom is 0.123 e. The van der Waals surface area contributed by atoms with Crippen LogP contribution < -0.4 is 10.5 Å². The minimum atomic E-state index is -0.412. The molecule has 3 aromatic rings. The van der Waals surface area contributed by atoms with Gasteiger partial charge in [0.15, 0.2) is 0 Å². The van der Waals surface area contributed by atoms with Crippen molar-refractivity contribution in [3.05, 3.63) is 69.0 Å². The fraction of sp³-hybridized carbons (Fsp3) is 0.320. The zero-order valence-corrected chi connectivity index (χ0v) is 18.8. The highest BCUT2D eigenvalue weighted by Crippen LogP contribution is 2.39. The molecule has 154 valence electrons. The van der Waals surface area contributed by atoms with Crippen molar-refractivity contribution in [3.63, 3.8) is 0 Å². The van der Waals surface area contributed by atoms with Crippen LogP contribution in [0, 0.1) is 24.7 Å². The van der Waals surface area contributed by atoms with E-state index in [-0.39, 0.29) is 5.92 Å². The number of halogens is 1. The van der Waals surface area contributed by atoms with E-state index < -0.39 is 6.04 Å². The first-order valence-electron chi connectivity index (χ1n) is 10.2. The summed E-state index contributed by atoms with van der Waals surface area (Å²) in [6.07, 6.45) is 3.73. The first kappa shape index (κ1) is 20.9. The lowest BCUT2D eigenvalue weighted by Crippen LogP contribution is -2.08. The molecule has 1 unspecified atom stereocenters. The fourth-order valence-electron chi connectivity index (χ4n) is 3.52. The summed E-state index contributed by atoms with van der Waals surface area (Å²) in [5.41, 5.74) is 9.44. The number of rotatable bonds is 6. The molecule has 0 saturated heterocycles. The zero-order chi connectivity index (χ0) is 21.1. The monoisotopic (exact) mass is 436 g/mol. The zero-order valence-electron chi connectivity index (χ0n) is 17.2. The number of nitrogens with two attached hydrogens (primary N) is 1. The Morgan fingerprint density at radius 2 is 1.97 bits per heavy atom. The number of ether oxygens (including phenoxy) is 1. The van der Waals surface area contributed by atoms with Crippen molar-refractivity contribution in [2.24, 2.45) is 11.7 Å². The van der Waals surface area contributed by atoms with Gasteiger partial charge in [-0.15, -0.1) is 11.3 Å². The standard InChI is InChI=1S/C25H25ClN2OS/c1-16-24(21-12-11-20(29-2)15-22(21)26)28-25(30-16)23(27)13-10-19(14-17-8-9-17)18-6-4-3-5-7-18/h3-7,11-12,15,17,19,23H,8-9,14,27H2,1-2H3/t19-,23?/m0/s1. The van der Waals surface area contributed by atoms with Gasteiger partial charge in [0, 0.05) is 16.4 Å². The Hall–Kier alpha value is -2.32. The maximum atomic E-state index is 6.45. The first-order chi connectivity index (χ1) is 14.5. The quantitative estimate of drug-likeness (QED) is 0.457. The molecule has 1 aliphatic rings. The van der Waals surface area contributed by atoms with Gasteiger partial charge in [-0.1, -0.05) is 66.6 Å². The van der Waals surface area contributed by atoms with Crippen LogP contribution in [0.2, 0.25) is 5.02 Å². The Balaban J connectivity index is 1.57. The highest BCUT2D eigenvalue weighted by molar-refractivity contribution is 7.12. The first-order valence-corrected chi connectivity index (χ1v) is 11.4. The SMILES string of the molecule is COc1ccc(-c2nc(C(N)C#C[C@@H](CC3CC3)c3ccccc3)sc2C)c(Cl)c1. The second-order valence-electron chi connectivity index (χ2n) is 7.71. The number of thiazole rings is 1. The lowest BCUT2D eigenvalue weighted by molar-refractivity contribution is 0.415.